The first-order chi connectivity index (χ1) is 11.2. The zero-order chi connectivity index (χ0) is 15.8. The Bertz CT molecular complexity index is 749. The van der Waals surface area contributed by atoms with Crippen molar-refractivity contribution in [3.05, 3.63) is 46.5 Å². The topological polar surface area (TPSA) is 51.0 Å². The molecule has 1 aliphatic carbocycles. The molecule has 0 atom stereocenters. The Labute approximate surface area is 136 Å². The number of rotatable bonds is 3. The van der Waals surface area contributed by atoms with Crippen molar-refractivity contribution in [2.45, 2.75) is 51.6 Å². The Balaban J connectivity index is 1.51. The molecule has 2 aliphatic rings. The third-order valence-corrected chi connectivity index (χ3v) is 5.01. The van der Waals surface area contributed by atoms with Crippen LogP contribution in [0.25, 0.3) is 0 Å². The first kappa shape index (κ1) is 14.4. The van der Waals surface area contributed by atoms with Gasteiger partial charge in [0, 0.05) is 25.6 Å². The fourth-order valence-corrected chi connectivity index (χ4v) is 3.70. The van der Waals surface area contributed by atoms with Gasteiger partial charge in [-0.3, -0.25) is 4.79 Å². The first-order valence-electron chi connectivity index (χ1n) is 8.50. The molecule has 5 nitrogen and oxygen atoms in total. The van der Waals surface area contributed by atoms with Crippen molar-refractivity contribution in [3.8, 4) is 0 Å². The predicted molar refractivity (Wildman–Crippen MR) is 87.2 cm³/mol. The summed E-state index contributed by atoms with van der Waals surface area (Å²) in [5.41, 5.74) is 3.54. The van der Waals surface area contributed by atoms with Gasteiger partial charge in [0.15, 0.2) is 5.82 Å². The van der Waals surface area contributed by atoms with E-state index in [4.69, 9.17) is 0 Å². The molecular weight excluding hydrogens is 288 g/mol. The van der Waals surface area contributed by atoms with Crippen molar-refractivity contribution >= 4 is 5.91 Å². The lowest BCUT2D eigenvalue weighted by Crippen LogP contribution is -2.28. The molecule has 4 rings (SSSR count). The van der Waals surface area contributed by atoms with Crippen LogP contribution in [0.5, 0.6) is 0 Å². The smallest absolute Gasteiger partial charge is 0.254 e. The molecule has 5 heteroatoms. The van der Waals surface area contributed by atoms with E-state index in [1.807, 2.05) is 13.1 Å². The molecule has 2 heterocycles. The van der Waals surface area contributed by atoms with E-state index in [-0.39, 0.29) is 5.91 Å². The second-order valence-electron chi connectivity index (χ2n) is 6.64. The van der Waals surface area contributed by atoms with E-state index in [1.165, 1.54) is 24.0 Å². The molecule has 23 heavy (non-hydrogen) atoms. The van der Waals surface area contributed by atoms with Crippen molar-refractivity contribution in [3.63, 3.8) is 0 Å². The number of aromatic nitrogens is 3. The number of aryl methyl sites for hydroxylation is 3. The molecule has 1 amide bonds. The van der Waals surface area contributed by atoms with Gasteiger partial charge >= 0.3 is 0 Å². The molecule has 1 aromatic carbocycles. The Morgan fingerprint density at radius 1 is 1.13 bits per heavy atom. The highest BCUT2D eigenvalue weighted by atomic mass is 16.2. The van der Waals surface area contributed by atoms with E-state index in [1.54, 1.807) is 4.90 Å². The maximum atomic E-state index is 12.7. The molecule has 120 valence electrons. The summed E-state index contributed by atoms with van der Waals surface area (Å²) < 4.78 is 2.15. The van der Waals surface area contributed by atoms with Crippen molar-refractivity contribution < 1.29 is 4.79 Å². The number of hydrogen-bond donors (Lipinski definition) is 0. The number of carbonyl (C=O) groups excluding carboxylic acids is 1. The van der Waals surface area contributed by atoms with Crippen molar-refractivity contribution in [2.75, 3.05) is 7.05 Å². The molecule has 0 fully saturated rings. The van der Waals surface area contributed by atoms with Crippen LogP contribution in [0.2, 0.25) is 0 Å². The number of carbonyl (C=O) groups is 1. The molecule has 2 aromatic rings. The van der Waals surface area contributed by atoms with E-state index in [2.05, 4.69) is 26.9 Å². The number of amides is 1. The highest BCUT2D eigenvalue weighted by Gasteiger charge is 2.21. The van der Waals surface area contributed by atoms with Gasteiger partial charge in [-0.05, 0) is 55.4 Å². The molecule has 0 N–H and O–H groups in total. The fraction of sp³-hybridized carbons (Fsp3) is 0.500. The van der Waals surface area contributed by atoms with Crippen molar-refractivity contribution in [1.82, 2.24) is 19.7 Å². The molecule has 0 spiro atoms. The zero-order valence-corrected chi connectivity index (χ0v) is 13.6. The van der Waals surface area contributed by atoms with Gasteiger partial charge in [0.2, 0.25) is 0 Å². The number of benzene rings is 1. The van der Waals surface area contributed by atoms with Crippen LogP contribution >= 0.6 is 0 Å². The quantitative estimate of drug-likeness (QED) is 0.874. The third-order valence-electron chi connectivity index (χ3n) is 5.01. The van der Waals surface area contributed by atoms with Gasteiger partial charge in [-0.2, -0.15) is 0 Å². The lowest BCUT2D eigenvalue weighted by molar-refractivity contribution is 0.0780. The summed E-state index contributed by atoms with van der Waals surface area (Å²) in [7, 11) is 1.85. The second-order valence-corrected chi connectivity index (χ2v) is 6.64. The van der Waals surface area contributed by atoms with Crippen LogP contribution in [-0.4, -0.2) is 32.6 Å². The van der Waals surface area contributed by atoms with Gasteiger partial charge in [-0.1, -0.05) is 6.07 Å². The van der Waals surface area contributed by atoms with Crippen LogP contribution in [0, 0.1) is 0 Å². The molecular formula is C18H22N4O. The summed E-state index contributed by atoms with van der Waals surface area (Å²) in [6.45, 7) is 1.49. The van der Waals surface area contributed by atoms with Crippen molar-refractivity contribution in [1.29, 1.82) is 0 Å². The van der Waals surface area contributed by atoms with E-state index in [0.29, 0.717) is 6.54 Å². The lowest BCUT2D eigenvalue weighted by Gasteiger charge is -2.20. The van der Waals surface area contributed by atoms with Gasteiger partial charge in [-0.25, -0.2) is 0 Å². The fourth-order valence-electron chi connectivity index (χ4n) is 3.70. The standard InChI is InChI=1S/C18H22N4O/c1-21(12-17-20-19-16-7-4-10-22(16)17)18(23)15-9-8-13-5-2-3-6-14(13)11-15/h8-9,11H,2-7,10,12H2,1H3. The SMILES string of the molecule is CN(Cc1nnc2n1CCC2)C(=O)c1ccc2c(c1)CCCC2. The maximum Gasteiger partial charge on any atom is 0.254 e. The van der Waals surface area contributed by atoms with Gasteiger partial charge < -0.3 is 9.47 Å². The number of fused-ring (bicyclic) bond motifs is 2. The molecule has 1 aliphatic heterocycles. The maximum absolute atomic E-state index is 12.7. The summed E-state index contributed by atoms with van der Waals surface area (Å²) in [6, 6.07) is 6.18. The lowest BCUT2D eigenvalue weighted by atomic mass is 9.90. The highest BCUT2D eigenvalue weighted by Crippen LogP contribution is 2.23. The molecule has 0 unspecified atom stereocenters. The summed E-state index contributed by atoms with van der Waals surface area (Å²) in [5, 5.41) is 8.46. The Hall–Kier alpha value is -2.17. The van der Waals surface area contributed by atoms with Gasteiger partial charge in [0.25, 0.3) is 5.91 Å². The van der Waals surface area contributed by atoms with Gasteiger partial charge in [-0.15, -0.1) is 10.2 Å². The van der Waals surface area contributed by atoms with Crippen molar-refractivity contribution in [2.24, 2.45) is 0 Å². The molecule has 0 saturated carbocycles. The van der Waals surface area contributed by atoms with Crippen LogP contribution in [0.4, 0.5) is 0 Å². The van der Waals surface area contributed by atoms with Gasteiger partial charge in [0.05, 0.1) is 6.54 Å². The van der Waals surface area contributed by atoms with E-state index < -0.39 is 0 Å². The number of hydrogen-bond acceptors (Lipinski definition) is 3. The summed E-state index contributed by atoms with van der Waals surface area (Å²) >= 11 is 0. The largest absolute Gasteiger partial charge is 0.334 e. The average molecular weight is 310 g/mol. The van der Waals surface area contributed by atoms with Gasteiger partial charge in [0.1, 0.15) is 5.82 Å². The summed E-state index contributed by atoms with van der Waals surface area (Å²) in [4.78, 5) is 14.5. The molecule has 1 aromatic heterocycles. The number of nitrogens with zero attached hydrogens (tertiary/aromatic N) is 4. The van der Waals surface area contributed by atoms with E-state index >= 15 is 0 Å². The predicted octanol–water partition coefficient (Wildman–Crippen LogP) is 2.38. The molecule has 0 saturated heterocycles. The second kappa shape index (κ2) is 5.80. The monoisotopic (exact) mass is 310 g/mol. The molecule has 0 radical (unpaired) electrons. The van der Waals surface area contributed by atoms with Crippen LogP contribution < -0.4 is 0 Å². The Morgan fingerprint density at radius 3 is 2.83 bits per heavy atom. The summed E-state index contributed by atoms with van der Waals surface area (Å²) in [6.07, 6.45) is 6.85. The normalized spacial score (nSPS) is 16.0. The molecule has 0 bridgehead atoms. The van der Waals surface area contributed by atoms with Crippen LogP contribution in [0.3, 0.4) is 0 Å². The summed E-state index contributed by atoms with van der Waals surface area (Å²) in [5.74, 6) is 2.01. The zero-order valence-electron chi connectivity index (χ0n) is 13.6. The minimum atomic E-state index is 0.0636. The van der Waals surface area contributed by atoms with Crippen LogP contribution in [-0.2, 0) is 32.4 Å². The Kier molecular flexibility index (Phi) is 3.63. The third kappa shape index (κ3) is 2.64. The van der Waals surface area contributed by atoms with Crippen LogP contribution in [0.1, 0.15) is 52.4 Å². The first-order valence-corrected chi connectivity index (χ1v) is 8.50. The minimum Gasteiger partial charge on any atom is -0.334 e. The van der Waals surface area contributed by atoms with E-state index in [9.17, 15) is 4.79 Å². The highest BCUT2D eigenvalue weighted by molar-refractivity contribution is 5.94. The average Bonchev–Trinajstić information content (AvgIpc) is 3.18. The minimum absolute atomic E-state index is 0.0636. The Morgan fingerprint density at radius 2 is 1.96 bits per heavy atom. The van der Waals surface area contributed by atoms with E-state index in [0.717, 1.165) is 49.4 Å². The van der Waals surface area contributed by atoms with Crippen LogP contribution in [0.15, 0.2) is 18.2 Å².